The quantitative estimate of drug-likeness (QED) is 0.481. The number of hydrogen-bond donors (Lipinski definition) is 3. The van der Waals surface area contributed by atoms with Gasteiger partial charge in [0.15, 0.2) is 5.79 Å². The van der Waals surface area contributed by atoms with Crippen molar-refractivity contribution in [2.75, 3.05) is 0 Å². The first-order valence-electron chi connectivity index (χ1n) is 5.03. The molecule has 3 heteroatoms. The molecule has 0 aliphatic heterocycles. The first-order valence-corrected chi connectivity index (χ1v) is 5.03. The summed E-state index contributed by atoms with van der Waals surface area (Å²) in [6.07, 6.45) is 7.29. The molecule has 0 saturated heterocycles. The van der Waals surface area contributed by atoms with Gasteiger partial charge in [-0.15, -0.1) is 6.42 Å². The molecule has 0 aromatic heterocycles. The lowest BCUT2D eigenvalue weighted by Gasteiger charge is -2.24. The van der Waals surface area contributed by atoms with Crippen molar-refractivity contribution >= 4 is 0 Å². The maximum Gasteiger partial charge on any atom is 0.183 e. The fourth-order valence-corrected chi connectivity index (χ4v) is 2.04. The van der Waals surface area contributed by atoms with Crippen LogP contribution in [-0.4, -0.2) is 5.79 Å². The van der Waals surface area contributed by atoms with Gasteiger partial charge in [-0.05, 0) is 24.0 Å². The Hall–Kier alpha value is -1.34. The number of fused-ring (bicyclic) bond motifs is 1. The van der Waals surface area contributed by atoms with Gasteiger partial charge in [-0.25, -0.2) is 0 Å². The fraction of sp³-hybridized carbons (Fsp3) is 0.333. The van der Waals surface area contributed by atoms with E-state index in [1.807, 2.05) is 12.1 Å². The standard InChI is InChI=1S/C12H15N3/c1-2-12(13,14)15-11-8-7-9-5-3-4-6-10(9)11/h1,3-6,11,15H,7-8,13-14H2. The van der Waals surface area contributed by atoms with E-state index in [-0.39, 0.29) is 6.04 Å². The molecule has 1 atom stereocenters. The molecule has 1 aliphatic carbocycles. The molecule has 0 fully saturated rings. The maximum absolute atomic E-state index is 5.68. The molecule has 3 nitrogen and oxygen atoms in total. The largest absolute Gasteiger partial charge is 0.290 e. The van der Waals surface area contributed by atoms with Gasteiger partial charge in [-0.1, -0.05) is 30.2 Å². The van der Waals surface area contributed by atoms with Crippen LogP contribution in [0.3, 0.4) is 0 Å². The number of nitrogens with one attached hydrogen (secondary N) is 1. The minimum atomic E-state index is -1.22. The van der Waals surface area contributed by atoms with Crippen LogP contribution in [0.1, 0.15) is 23.6 Å². The van der Waals surface area contributed by atoms with Crippen LogP contribution in [0.5, 0.6) is 0 Å². The summed E-state index contributed by atoms with van der Waals surface area (Å²) in [6.45, 7) is 0. The highest BCUT2D eigenvalue weighted by Gasteiger charge is 2.27. The average Bonchev–Trinajstić information content (AvgIpc) is 2.62. The summed E-state index contributed by atoms with van der Waals surface area (Å²) < 4.78 is 0. The molecule has 1 unspecified atom stereocenters. The Morgan fingerprint density at radius 2 is 2.13 bits per heavy atom. The molecule has 1 aromatic rings. The molecular formula is C12H15N3. The summed E-state index contributed by atoms with van der Waals surface area (Å²) in [5.41, 5.74) is 14.0. The van der Waals surface area contributed by atoms with Gasteiger partial charge in [0.2, 0.25) is 0 Å². The van der Waals surface area contributed by atoms with Crippen LogP contribution >= 0.6 is 0 Å². The Labute approximate surface area is 89.8 Å². The van der Waals surface area contributed by atoms with Crippen molar-refractivity contribution in [1.82, 2.24) is 5.32 Å². The third-order valence-electron chi connectivity index (χ3n) is 2.78. The van der Waals surface area contributed by atoms with Crippen molar-refractivity contribution < 1.29 is 0 Å². The van der Waals surface area contributed by atoms with E-state index in [2.05, 4.69) is 23.4 Å². The zero-order valence-corrected chi connectivity index (χ0v) is 8.53. The van der Waals surface area contributed by atoms with Crippen molar-refractivity contribution in [3.63, 3.8) is 0 Å². The minimum Gasteiger partial charge on any atom is -0.290 e. The molecule has 78 valence electrons. The van der Waals surface area contributed by atoms with E-state index in [0.717, 1.165) is 12.8 Å². The van der Waals surface area contributed by atoms with Crippen molar-refractivity contribution in [2.45, 2.75) is 24.7 Å². The number of rotatable bonds is 2. The van der Waals surface area contributed by atoms with Gasteiger partial charge in [0.05, 0.1) is 0 Å². The highest BCUT2D eigenvalue weighted by atomic mass is 15.2. The topological polar surface area (TPSA) is 64.1 Å². The lowest BCUT2D eigenvalue weighted by molar-refractivity contribution is 0.378. The summed E-state index contributed by atoms with van der Waals surface area (Å²) in [4.78, 5) is 0. The summed E-state index contributed by atoms with van der Waals surface area (Å²) in [6, 6.07) is 8.45. The van der Waals surface area contributed by atoms with Crippen LogP contribution in [0.15, 0.2) is 24.3 Å². The van der Waals surface area contributed by atoms with E-state index in [1.54, 1.807) is 0 Å². The van der Waals surface area contributed by atoms with Gasteiger partial charge in [-0.2, -0.15) is 0 Å². The maximum atomic E-state index is 5.68. The molecule has 1 aliphatic rings. The highest BCUT2D eigenvalue weighted by molar-refractivity contribution is 5.34. The van der Waals surface area contributed by atoms with Crippen LogP contribution in [0, 0.1) is 12.3 Å². The predicted octanol–water partition coefficient (Wildman–Crippen LogP) is 0.468. The van der Waals surface area contributed by atoms with Gasteiger partial charge in [0.25, 0.3) is 0 Å². The minimum absolute atomic E-state index is 0.173. The van der Waals surface area contributed by atoms with Gasteiger partial charge in [-0.3, -0.25) is 16.8 Å². The smallest absolute Gasteiger partial charge is 0.183 e. The lowest BCUT2D eigenvalue weighted by atomic mass is 10.1. The van der Waals surface area contributed by atoms with Crippen LogP contribution in [0.25, 0.3) is 0 Å². The monoisotopic (exact) mass is 201 g/mol. The zero-order chi connectivity index (χ0) is 10.9. The molecule has 0 amide bonds. The van der Waals surface area contributed by atoms with Crippen molar-refractivity contribution in [3.05, 3.63) is 35.4 Å². The van der Waals surface area contributed by atoms with Gasteiger partial charge in [0, 0.05) is 6.04 Å². The normalized spacial score (nSPS) is 19.7. The third-order valence-corrected chi connectivity index (χ3v) is 2.78. The second-order valence-corrected chi connectivity index (χ2v) is 3.95. The van der Waals surface area contributed by atoms with Gasteiger partial charge < -0.3 is 0 Å². The molecule has 15 heavy (non-hydrogen) atoms. The summed E-state index contributed by atoms with van der Waals surface area (Å²) in [5, 5.41) is 3.08. The summed E-state index contributed by atoms with van der Waals surface area (Å²) in [7, 11) is 0. The molecule has 2 rings (SSSR count). The Morgan fingerprint density at radius 3 is 2.87 bits per heavy atom. The second kappa shape index (κ2) is 3.67. The lowest BCUT2D eigenvalue weighted by Crippen LogP contribution is -2.60. The Balaban J connectivity index is 2.19. The van der Waals surface area contributed by atoms with E-state index in [9.17, 15) is 0 Å². The Morgan fingerprint density at radius 1 is 1.40 bits per heavy atom. The third kappa shape index (κ3) is 2.02. The molecule has 0 spiro atoms. The van der Waals surface area contributed by atoms with Gasteiger partial charge >= 0.3 is 0 Å². The number of terminal acetylenes is 1. The molecule has 5 N–H and O–H groups in total. The van der Waals surface area contributed by atoms with E-state index in [0.29, 0.717) is 0 Å². The summed E-state index contributed by atoms with van der Waals surface area (Å²) >= 11 is 0. The van der Waals surface area contributed by atoms with E-state index < -0.39 is 5.79 Å². The number of benzene rings is 1. The van der Waals surface area contributed by atoms with Crippen molar-refractivity contribution in [3.8, 4) is 12.3 Å². The van der Waals surface area contributed by atoms with Crippen LogP contribution in [-0.2, 0) is 6.42 Å². The molecule has 0 heterocycles. The van der Waals surface area contributed by atoms with Crippen LogP contribution < -0.4 is 16.8 Å². The Kier molecular flexibility index (Phi) is 2.49. The number of aryl methyl sites for hydroxylation is 1. The fourth-order valence-electron chi connectivity index (χ4n) is 2.04. The molecule has 0 radical (unpaired) electrons. The number of nitrogens with two attached hydrogens (primary N) is 2. The molecule has 0 bridgehead atoms. The predicted molar refractivity (Wildman–Crippen MR) is 60.6 cm³/mol. The van der Waals surface area contributed by atoms with Crippen molar-refractivity contribution in [1.29, 1.82) is 0 Å². The van der Waals surface area contributed by atoms with E-state index in [4.69, 9.17) is 17.9 Å². The van der Waals surface area contributed by atoms with Crippen molar-refractivity contribution in [2.24, 2.45) is 11.5 Å². The molecular weight excluding hydrogens is 186 g/mol. The SMILES string of the molecule is C#CC(N)(N)NC1CCc2ccccc21. The van der Waals surface area contributed by atoms with Crippen LogP contribution in [0.2, 0.25) is 0 Å². The zero-order valence-electron chi connectivity index (χ0n) is 8.53. The average molecular weight is 201 g/mol. The Bertz CT molecular complexity index is 404. The van der Waals surface area contributed by atoms with Crippen LogP contribution in [0.4, 0.5) is 0 Å². The molecule has 0 saturated carbocycles. The summed E-state index contributed by atoms with van der Waals surface area (Å²) in [5.74, 6) is 1.12. The van der Waals surface area contributed by atoms with E-state index >= 15 is 0 Å². The molecule has 1 aromatic carbocycles. The number of hydrogen-bond acceptors (Lipinski definition) is 3. The first kappa shape index (κ1) is 10.2. The highest BCUT2D eigenvalue weighted by Crippen LogP contribution is 2.31. The first-order chi connectivity index (χ1) is 7.12. The van der Waals surface area contributed by atoms with E-state index in [1.165, 1.54) is 11.1 Å². The second-order valence-electron chi connectivity index (χ2n) is 3.95. The van der Waals surface area contributed by atoms with Gasteiger partial charge in [0.1, 0.15) is 0 Å².